The molecule has 2 aromatic rings. The summed E-state index contributed by atoms with van der Waals surface area (Å²) in [6.45, 7) is 1.98. The number of rotatable bonds is 3. The normalized spacial score (nSPS) is 21.3. The third-order valence-electron chi connectivity index (χ3n) is 4.03. The predicted octanol–water partition coefficient (Wildman–Crippen LogP) is 4.20. The van der Waals surface area contributed by atoms with Crippen LogP contribution in [0.2, 0.25) is 0 Å². The first kappa shape index (κ1) is 13.0. The third-order valence-corrected chi connectivity index (χ3v) is 4.03. The maximum Gasteiger partial charge on any atom is 0.123 e. The van der Waals surface area contributed by atoms with Gasteiger partial charge in [-0.25, -0.2) is 4.39 Å². The van der Waals surface area contributed by atoms with Gasteiger partial charge in [-0.2, -0.15) is 0 Å². The molecule has 2 N–H and O–H groups in total. The highest BCUT2D eigenvalue weighted by Gasteiger charge is 2.30. The lowest BCUT2D eigenvalue weighted by molar-refractivity contribution is 0.373. The quantitative estimate of drug-likeness (QED) is 0.820. The number of benzene rings is 2. The fraction of sp³-hybridized carbons (Fsp3) is 0.294. The first-order valence-electron chi connectivity index (χ1n) is 6.93. The molecular formula is C17H18FNO. The minimum absolute atomic E-state index is 0.159. The summed E-state index contributed by atoms with van der Waals surface area (Å²) in [7, 11) is 0. The number of hydrogen-bond donors (Lipinski definition) is 2. The molecule has 0 atom stereocenters. The third kappa shape index (κ3) is 2.62. The van der Waals surface area contributed by atoms with E-state index in [1.54, 1.807) is 24.3 Å². The molecule has 2 nitrogen and oxygen atoms in total. The lowest BCUT2D eigenvalue weighted by Gasteiger charge is -2.37. The Labute approximate surface area is 118 Å². The molecule has 104 valence electrons. The van der Waals surface area contributed by atoms with E-state index in [4.69, 9.17) is 0 Å². The summed E-state index contributed by atoms with van der Waals surface area (Å²) in [5.41, 5.74) is 3.19. The lowest BCUT2D eigenvalue weighted by Crippen LogP contribution is -2.34. The van der Waals surface area contributed by atoms with Crippen LogP contribution in [0, 0.1) is 12.7 Å². The van der Waals surface area contributed by atoms with E-state index < -0.39 is 0 Å². The van der Waals surface area contributed by atoms with E-state index in [0.29, 0.717) is 17.7 Å². The number of aromatic hydroxyl groups is 1. The van der Waals surface area contributed by atoms with E-state index in [1.165, 1.54) is 6.07 Å². The number of anilines is 1. The van der Waals surface area contributed by atoms with Crippen LogP contribution in [0.5, 0.6) is 5.75 Å². The van der Waals surface area contributed by atoms with E-state index in [1.807, 2.05) is 19.1 Å². The summed E-state index contributed by atoms with van der Waals surface area (Å²) in [6, 6.07) is 12.7. The van der Waals surface area contributed by atoms with Crippen molar-refractivity contribution in [3.8, 4) is 5.75 Å². The molecule has 2 aromatic carbocycles. The average Bonchev–Trinajstić information content (AvgIpc) is 2.35. The highest BCUT2D eigenvalue weighted by atomic mass is 19.1. The first-order chi connectivity index (χ1) is 9.61. The van der Waals surface area contributed by atoms with Gasteiger partial charge < -0.3 is 10.4 Å². The van der Waals surface area contributed by atoms with E-state index in [9.17, 15) is 9.50 Å². The Balaban J connectivity index is 1.61. The molecular weight excluding hydrogens is 253 g/mol. The van der Waals surface area contributed by atoms with Crippen LogP contribution >= 0.6 is 0 Å². The largest absolute Gasteiger partial charge is 0.508 e. The molecule has 0 aliphatic heterocycles. The van der Waals surface area contributed by atoms with Crippen molar-refractivity contribution in [1.82, 2.24) is 0 Å². The Morgan fingerprint density at radius 2 is 1.95 bits per heavy atom. The van der Waals surface area contributed by atoms with Crippen molar-refractivity contribution in [1.29, 1.82) is 0 Å². The van der Waals surface area contributed by atoms with Crippen LogP contribution < -0.4 is 5.32 Å². The lowest BCUT2D eigenvalue weighted by atomic mass is 9.75. The summed E-state index contributed by atoms with van der Waals surface area (Å²) in [5, 5.41) is 12.9. The standard InChI is InChI=1S/C17H18FNO/c1-11-7-16(20)5-6-17(11)19-15-9-13(10-15)12-3-2-4-14(18)8-12/h2-8,13,15,19-20H,9-10H2,1H3. The molecule has 20 heavy (non-hydrogen) atoms. The molecule has 0 heterocycles. The minimum atomic E-state index is -0.159. The number of phenolic OH excluding ortho intramolecular Hbond substituents is 1. The van der Waals surface area contributed by atoms with Gasteiger partial charge in [-0.05, 0) is 67.1 Å². The maximum absolute atomic E-state index is 13.2. The van der Waals surface area contributed by atoms with Crippen LogP contribution in [0.15, 0.2) is 42.5 Å². The predicted molar refractivity (Wildman–Crippen MR) is 78.6 cm³/mol. The van der Waals surface area contributed by atoms with Crippen LogP contribution in [-0.4, -0.2) is 11.1 Å². The Hall–Kier alpha value is -2.03. The molecule has 1 aliphatic carbocycles. The van der Waals surface area contributed by atoms with Crippen molar-refractivity contribution >= 4 is 5.69 Å². The van der Waals surface area contributed by atoms with Crippen LogP contribution in [0.1, 0.15) is 29.9 Å². The summed E-state index contributed by atoms with van der Waals surface area (Å²) in [6.07, 6.45) is 2.04. The van der Waals surface area contributed by atoms with E-state index in [0.717, 1.165) is 29.7 Å². The van der Waals surface area contributed by atoms with Crippen molar-refractivity contribution in [2.24, 2.45) is 0 Å². The van der Waals surface area contributed by atoms with E-state index in [-0.39, 0.29) is 5.82 Å². The summed E-state index contributed by atoms with van der Waals surface area (Å²) < 4.78 is 13.2. The Morgan fingerprint density at radius 1 is 1.15 bits per heavy atom. The highest BCUT2D eigenvalue weighted by Crippen LogP contribution is 2.39. The van der Waals surface area contributed by atoms with E-state index in [2.05, 4.69) is 5.32 Å². The topological polar surface area (TPSA) is 32.3 Å². The van der Waals surface area contributed by atoms with Gasteiger partial charge in [0.05, 0.1) is 0 Å². The molecule has 0 radical (unpaired) electrons. The summed E-state index contributed by atoms with van der Waals surface area (Å²) in [4.78, 5) is 0. The number of phenols is 1. The van der Waals surface area contributed by atoms with Crippen LogP contribution in [0.4, 0.5) is 10.1 Å². The molecule has 0 amide bonds. The van der Waals surface area contributed by atoms with Gasteiger partial charge in [-0.1, -0.05) is 12.1 Å². The number of aryl methyl sites for hydroxylation is 1. The molecule has 0 unspecified atom stereocenters. The number of halogens is 1. The molecule has 3 rings (SSSR count). The molecule has 3 heteroatoms. The second-order valence-corrected chi connectivity index (χ2v) is 5.56. The molecule has 1 fully saturated rings. The van der Waals surface area contributed by atoms with Gasteiger partial charge in [0.2, 0.25) is 0 Å². The smallest absolute Gasteiger partial charge is 0.123 e. The van der Waals surface area contributed by atoms with Gasteiger partial charge in [0.15, 0.2) is 0 Å². The molecule has 1 saturated carbocycles. The molecule has 0 bridgehead atoms. The Bertz CT molecular complexity index is 620. The van der Waals surface area contributed by atoms with Crippen LogP contribution in [-0.2, 0) is 0 Å². The monoisotopic (exact) mass is 271 g/mol. The van der Waals surface area contributed by atoms with Crippen LogP contribution in [0.3, 0.4) is 0 Å². The van der Waals surface area contributed by atoms with Crippen molar-refractivity contribution in [2.45, 2.75) is 31.7 Å². The second-order valence-electron chi connectivity index (χ2n) is 5.56. The zero-order chi connectivity index (χ0) is 14.1. The molecule has 0 aromatic heterocycles. The van der Waals surface area contributed by atoms with Gasteiger partial charge in [-0.3, -0.25) is 0 Å². The Morgan fingerprint density at radius 3 is 2.65 bits per heavy atom. The Kier molecular flexibility index (Phi) is 3.35. The maximum atomic E-state index is 13.2. The number of hydrogen-bond acceptors (Lipinski definition) is 2. The summed E-state index contributed by atoms with van der Waals surface area (Å²) >= 11 is 0. The van der Waals surface area contributed by atoms with Gasteiger partial charge in [-0.15, -0.1) is 0 Å². The van der Waals surface area contributed by atoms with Crippen molar-refractivity contribution < 1.29 is 9.50 Å². The van der Waals surface area contributed by atoms with Gasteiger partial charge >= 0.3 is 0 Å². The van der Waals surface area contributed by atoms with Gasteiger partial charge in [0.1, 0.15) is 11.6 Å². The highest BCUT2D eigenvalue weighted by molar-refractivity contribution is 5.54. The summed E-state index contributed by atoms with van der Waals surface area (Å²) in [5.74, 6) is 0.577. The molecule has 0 spiro atoms. The molecule has 1 aliphatic rings. The van der Waals surface area contributed by atoms with Crippen molar-refractivity contribution in [3.05, 3.63) is 59.4 Å². The van der Waals surface area contributed by atoms with Crippen molar-refractivity contribution in [3.63, 3.8) is 0 Å². The van der Waals surface area contributed by atoms with Crippen molar-refractivity contribution in [2.75, 3.05) is 5.32 Å². The van der Waals surface area contributed by atoms with Gasteiger partial charge in [0.25, 0.3) is 0 Å². The minimum Gasteiger partial charge on any atom is -0.508 e. The fourth-order valence-corrected chi connectivity index (χ4v) is 2.80. The zero-order valence-electron chi connectivity index (χ0n) is 11.4. The fourth-order valence-electron chi connectivity index (χ4n) is 2.80. The SMILES string of the molecule is Cc1cc(O)ccc1NC1CC(c2cccc(F)c2)C1. The van der Waals surface area contributed by atoms with Gasteiger partial charge in [0, 0.05) is 11.7 Å². The van der Waals surface area contributed by atoms with E-state index >= 15 is 0 Å². The first-order valence-corrected chi connectivity index (χ1v) is 6.93. The average molecular weight is 271 g/mol. The second kappa shape index (κ2) is 5.16. The molecule has 0 saturated heterocycles. The number of nitrogens with one attached hydrogen (secondary N) is 1. The van der Waals surface area contributed by atoms with Crippen LogP contribution in [0.25, 0.3) is 0 Å². The zero-order valence-corrected chi connectivity index (χ0v) is 11.4.